The highest BCUT2D eigenvalue weighted by Crippen LogP contribution is 2.39. The first-order valence-electron chi connectivity index (χ1n) is 9.36. The summed E-state index contributed by atoms with van der Waals surface area (Å²) in [6.45, 7) is 4.73. The van der Waals surface area contributed by atoms with Crippen molar-refractivity contribution in [3.8, 4) is 0 Å². The van der Waals surface area contributed by atoms with Gasteiger partial charge in [-0.1, -0.05) is 36.4 Å². The van der Waals surface area contributed by atoms with E-state index < -0.39 is 17.7 Å². The van der Waals surface area contributed by atoms with Gasteiger partial charge in [-0.2, -0.15) is 0 Å². The van der Waals surface area contributed by atoms with Crippen molar-refractivity contribution in [3.63, 3.8) is 0 Å². The number of rotatable bonds is 7. The van der Waals surface area contributed by atoms with E-state index in [1.807, 2.05) is 19.9 Å². The highest BCUT2D eigenvalue weighted by Gasteiger charge is 2.45. The number of carbonyl (C=O) groups excluding carboxylic acids is 2. The number of aromatic nitrogens is 1. The van der Waals surface area contributed by atoms with Crippen LogP contribution in [-0.4, -0.2) is 45.9 Å². The van der Waals surface area contributed by atoms with E-state index in [0.717, 1.165) is 0 Å². The fourth-order valence-electron chi connectivity index (χ4n) is 3.30. The summed E-state index contributed by atoms with van der Waals surface area (Å²) in [4.78, 5) is 31.1. The van der Waals surface area contributed by atoms with Crippen LogP contribution < -0.4 is 0 Å². The molecule has 0 unspecified atom stereocenters. The number of hydrogen-bond acceptors (Lipinski definition) is 5. The molecule has 1 fully saturated rings. The van der Waals surface area contributed by atoms with Gasteiger partial charge in [-0.25, -0.2) is 0 Å². The highest BCUT2D eigenvalue weighted by molar-refractivity contribution is 6.46. The molecule has 0 aliphatic carbocycles. The molecule has 146 valence electrons. The van der Waals surface area contributed by atoms with Crippen molar-refractivity contribution in [2.75, 3.05) is 13.2 Å². The quantitative estimate of drug-likeness (QED) is 0.345. The van der Waals surface area contributed by atoms with Crippen molar-refractivity contribution >= 4 is 17.4 Å². The maximum atomic E-state index is 12.8. The average Bonchev–Trinajstić information content (AvgIpc) is 2.96. The van der Waals surface area contributed by atoms with E-state index in [2.05, 4.69) is 4.98 Å². The molecule has 1 N–H and O–H groups in total. The number of aliphatic hydroxyl groups excluding tert-OH is 1. The molecule has 28 heavy (non-hydrogen) atoms. The van der Waals surface area contributed by atoms with Crippen LogP contribution in [0.25, 0.3) is 5.76 Å². The van der Waals surface area contributed by atoms with Gasteiger partial charge in [0.05, 0.1) is 17.7 Å². The van der Waals surface area contributed by atoms with Gasteiger partial charge in [0.1, 0.15) is 5.76 Å². The topological polar surface area (TPSA) is 79.7 Å². The van der Waals surface area contributed by atoms with Crippen LogP contribution >= 0.6 is 0 Å². The molecular weight excluding hydrogens is 356 g/mol. The average molecular weight is 380 g/mol. The zero-order chi connectivity index (χ0) is 20.1. The Hall–Kier alpha value is -2.99. The number of ether oxygens (including phenoxy) is 1. The van der Waals surface area contributed by atoms with Gasteiger partial charge >= 0.3 is 0 Å². The molecule has 1 aliphatic heterocycles. The zero-order valence-electron chi connectivity index (χ0n) is 16.0. The Morgan fingerprint density at radius 3 is 2.57 bits per heavy atom. The Balaban J connectivity index is 1.99. The van der Waals surface area contributed by atoms with E-state index in [1.54, 1.807) is 48.8 Å². The Kier molecular flexibility index (Phi) is 6.21. The summed E-state index contributed by atoms with van der Waals surface area (Å²) in [5.74, 6) is -1.47. The first-order valence-corrected chi connectivity index (χ1v) is 9.36. The van der Waals surface area contributed by atoms with Crippen LogP contribution in [0.4, 0.5) is 0 Å². The smallest absolute Gasteiger partial charge is 0.295 e. The Bertz CT molecular complexity index is 863. The monoisotopic (exact) mass is 380 g/mol. The molecule has 0 radical (unpaired) electrons. The molecule has 6 heteroatoms. The molecule has 2 aromatic rings. The van der Waals surface area contributed by atoms with Crippen LogP contribution in [0.2, 0.25) is 0 Å². The van der Waals surface area contributed by atoms with Gasteiger partial charge in [0.25, 0.3) is 11.7 Å². The van der Waals surface area contributed by atoms with Crippen molar-refractivity contribution in [3.05, 3.63) is 71.6 Å². The fraction of sp³-hybridized carbons (Fsp3) is 0.318. The van der Waals surface area contributed by atoms with Gasteiger partial charge in [0.15, 0.2) is 0 Å². The second-order valence-corrected chi connectivity index (χ2v) is 6.92. The third-order valence-corrected chi connectivity index (χ3v) is 4.58. The molecule has 6 nitrogen and oxygen atoms in total. The van der Waals surface area contributed by atoms with Crippen LogP contribution in [0.5, 0.6) is 0 Å². The van der Waals surface area contributed by atoms with E-state index in [-0.39, 0.29) is 17.4 Å². The lowest BCUT2D eigenvalue weighted by atomic mass is 9.96. The number of Topliss-reactive ketones (excluding diaryl/α,β-unsaturated/α-hetero) is 1. The molecule has 1 aromatic carbocycles. The molecule has 1 atom stereocenters. The standard InChI is InChI=1S/C22H24N2O4/c1-15(2)28-13-7-12-24-19(17-10-6-11-23-14-17)18(21(26)22(24)27)20(25)16-8-4-3-5-9-16/h3-6,8-11,14-15,19,25H,7,12-13H2,1-2H3/t19-/m1/s1. The zero-order valence-corrected chi connectivity index (χ0v) is 16.0. The van der Waals surface area contributed by atoms with Gasteiger partial charge in [0.2, 0.25) is 0 Å². The highest BCUT2D eigenvalue weighted by atomic mass is 16.5. The van der Waals surface area contributed by atoms with Crippen molar-refractivity contribution in [1.29, 1.82) is 0 Å². The minimum absolute atomic E-state index is 0.0916. The molecule has 1 aliphatic rings. The third kappa shape index (κ3) is 4.12. The molecule has 1 amide bonds. The number of ketones is 1. The second-order valence-electron chi connectivity index (χ2n) is 6.92. The maximum Gasteiger partial charge on any atom is 0.295 e. The lowest BCUT2D eigenvalue weighted by molar-refractivity contribution is -0.140. The number of carbonyl (C=O) groups is 2. The van der Waals surface area contributed by atoms with Gasteiger partial charge in [-0.3, -0.25) is 14.6 Å². The van der Waals surface area contributed by atoms with Crippen LogP contribution in [0.1, 0.15) is 37.4 Å². The Morgan fingerprint density at radius 1 is 1.18 bits per heavy atom. The summed E-state index contributed by atoms with van der Waals surface area (Å²) in [6, 6.07) is 11.7. The molecule has 1 saturated heterocycles. The molecule has 3 rings (SSSR count). The number of nitrogens with zero attached hydrogens (tertiary/aromatic N) is 2. The SMILES string of the molecule is CC(C)OCCCN1C(=O)C(=O)C(=C(O)c2ccccc2)[C@H]1c1cccnc1. The maximum absolute atomic E-state index is 12.8. The van der Waals surface area contributed by atoms with E-state index in [4.69, 9.17) is 4.74 Å². The first-order chi connectivity index (χ1) is 13.5. The fourth-order valence-corrected chi connectivity index (χ4v) is 3.30. The van der Waals surface area contributed by atoms with Gasteiger partial charge in [-0.05, 0) is 31.9 Å². The summed E-state index contributed by atoms with van der Waals surface area (Å²) in [5.41, 5.74) is 1.27. The summed E-state index contributed by atoms with van der Waals surface area (Å²) in [7, 11) is 0. The van der Waals surface area contributed by atoms with Crippen LogP contribution in [0.3, 0.4) is 0 Å². The van der Waals surface area contributed by atoms with Gasteiger partial charge in [0, 0.05) is 31.1 Å². The predicted molar refractivity (Wildman–Crippen MR) is 105 cm³/mol. The summed E-state index contributed by atoms with van der Waals surface area (Å²) in [6.07, 6.45) is 3.94. The largest absolute Gasteiger partial charge is 0.507 e. The summed E-state index contributed by atoms with van der Waals surface area (Å²) < 4.78 is 5.55. The van der Waals surface area contributed by atoms with Crippen molar-refractivity contribution < 1.29 is 19.4 Å². The number of hydrogen-bond donors (Lipinski definition) is 1. The number of pyridine rings is 1. The summed E-state index contributed by atoms with van der Waals surface area (Å²) >= 11 is 0. The van der Waals surface area contributed by atoms with Crippen LogP contribution in [0, 0.1) is 0 Å². The third-order valence-electron chi connectivity index (χ3n) is 4.58. The molecule has 0 bridgehead atoms. The van der Waals surface area contributed by atoms with Crippen LogP contribution in [-0.2, 0) is 14.3 Å². The molecular formula is C22H24N2O4. The molecule has 1 aromatic heterocycles. The lowest BCUT2D eigenvalue weighted by Crippen LogP contribution is -2.31. The van der Waals surface area contributed by atoms with Crippen molar-refractivity contribution in [2.45, 2.75) is 32.4 Å². The summed E-state index contributed by atoms with van der Waals surface area (Å²) in [5, 5.41) is 10.8. The van der Waals surface area contributed by atoms with Gasteiger partial charge in [-0.15, -0.1) is 0 Å². The Morgan fingerprint density at radius 2 is 1.93 bits per heavy atom. The van der Waals surface area contributed by atoms with E-state index in [1.165, 1.54) is 4.90 Å². The minimum Gasteiger partial charge on any atom is -0.507 e. The number of aliphatic hydroxyl groups is 1. The van der Waals surface area contributed by atoms with Crippen molar-refractivity contribution in [1.82, 2.24) is 9.88 Å². The molecule has 0 spiro atoms. The normalized spacial score (nSPS) is 18.8. The Labute approximate surface area is 164 Å². The lowest BCUT2D eigenvalue weighted by Gasteiger charge is -2.25. The van der Waals surface area contributed by atoms with E-state index in [9.17, 15) is 14.7 Å². The number of amides is 1. The minimum atomic E-state index is -0.681. The predicted octanol–water partition coefficient (Wildman–Crippen LogP) is 3.32. The number of likely N-dealkylation sites (tertiary alicyclic amines) is 1. The van der Waals surface area contributed by atoms with Crippen LogP contribution in [0.15, 0.2) is 60.4 Å². The number of benzene rings is 1. The molecule has 2 heterocycles. The second kappa shape index (κ2) is 8.80. The van der Waals surface area contributed by atoms with E-state index >= 15 is 0 Å². The van der Waals surface area contributed by atoms with Crippen molar-refractivity contribution in [2.24, 2.45) is 0 Å². The first kappa shape index (κ1) is 19.8. The van der Waals surface area contributed by atoms with E-state index in [0.29, 0.717) is 30.7 Å². The van der Waals surface area contributed by atoms with Gasteiger partial charge < -0.3 is 14.7 Å². The molecule has 0 saturated carbocycles.